The average molecular weight is 246 g/mol. The van der Waals surface area contributed by atoms with E-state index in [0.717, 1.165) is 19.4 Å². The van der Waals surface area contributed by atoms with Gasteiger partial charge in [0, 0.05) is 5.92 Å². The molecule has 1 aliphatic rings. The lowest BCUT2D eigenvalue weighted by Crippen LogP contribution is -2.20. The lowest BCUT2D eigenvalue weighted by molar-refractivity contribution is 0.0645. The van der Waals surface area contributed by atoms with Crippen molar-refractivity contribution in [3.8, 4) is 0 Å². The summed E-state index contributed by atoms with van der Waals surface area (Å²) in [6, 6.07) is 10.2. The monoisotopic (exact) mass is 246 g/mol. The molecule has 1 aromatic rings. The van der Waals surface area contributed by atoms with Gasteiger partial charge >= 0.3 is 0 Å². The van der Waals surface area contributed by atoms with Crippen molar-refractivity contribution in [1.29, 1.82) is 0 Å². The van der Waals surface area contributed by atoms with Gasteiger partial charge in [0.05, 0.1) is 19.3 Å². The second-order valence-corrected chi connectivity index (χ2v) is 5.01. The molecule has 1 N–H and O–H groups in total. The van der Waals surface area contributed by atoms with E-state index in [1.807, 2.05) is 31.2 Å². The molecule has 2 rings (SSSR count). The Balaban J connectivity index is 1.79. The summed E-state index contributed by atoms with van der Waals surface area (Å²) in [6.45, 7) is 3.41. The molecule has 18 heavy (non-hydrogen) atoms. The quantitative estimate of drug-likeness (QED) is 0.809. The number of rotatable bonds is 5. The predicted molar refractivity (Wildman–Crippen MR) is 73.1 cm³/mol. The van der Waals surface area contributed by atoms with Gasteiger partial charge in [-0.2, -0.15) is 0 Å². The highest BCUT2D eigenvalue weighted by atomic mass is 16.5. The molecule has 0 aromatic heterocycles. The van der Waals surface area contributed by atoms with Crippen molar-refractivity contribution in [2.75, 3.05) is 6.61 Å². The highest BCUT2D eigenvalue weighted by molar-refractivity contribution is 5.13. The Labute approximate surface area is 109 Å². The van der Waals surface area contributed by atoms with E-state index in [2.05, 4.69) is 18.2 Å². The minimum absolute atomic E-state index is 0.188. The summed E-state index contributed by atoms with van der Waals surface area (Å²) in [6.07, 6.45) is 5.92. The van der Waals surface area contributed by atoms with E-state index in [1.165, 1.54) is 5.56 Å². The first-order chi connectivity index (χ1) is 8.81. The molecule has 3 unspecified atom stereocenters. The smallest absolute Gasteiger partial charge is 0.0717 e. The van der Waals surface area contributed by atoms with Gasteiger partial charge in [-0.05, 0) is 31.2 Å². The van der Waals surface area contributed by atoms with Crippen molar-refractivity contribution in [1.82, 2.24) is 0 Å². The summed E-state index contributed by atoms with van der Waals surface area (Å²) in [5.74, 6) is 0.727. The third-order valence-electron chi connectivity index (χ3n) is 3.68. The fraction of sp³-hybridized carbons (Fsp3) is 0.500. The molecule has 3 atom stereocenters. The third kappa shape index (κ3) is 3.44. The standard InChI is InChI=1S/C16H22O2/c1-2-6-15-14(9-10-16(15)17)12-18-11-13-7-4-3-5-8-13/h2-8,14-17H,9-12H2,1H3/b6-2+. The summed E-state index contributed by atoms with van der Waals surface area (Å²) in [4.78, 5) is 0. The van der Waals surface area contributed by atoms with E-state index in [1.54, 1.807) is 0 Å². The number of benzene rings is 1. The van der Waals surface area contributed by atoms with Crippen LogP contribution in [-0.4, -0.2) is 17.8 Å². The van der Waals surface area contributed by atoms with Crippen LogP contribution in [0.25, 0.3) is 0 Å². The molecule has 1 fully saturated rings. The maximum Gasteiger partial charge on any atom is 0.0717 e. The van der Waals surface area contributed by atoms with Gasteiger partial charge in [-0.25, -0.2) is 0 Å². The SMILES string of the molecule is C/C=C/C1C(O)CCC1COCc1ccccc1. The normalized spacial score (nSPS) is 28.0. The van der Waals surface area contributed by atoms with E-state index in [-0.39, 0.29) is 12.0 Å². The van der Waals surface area contributed by atoms with E-state index in [0.29, 0.717) is 12.5 Å². The Morgan fingerprint density at radius 2 is 2.06 bits per heavy atom. The third-order valence-corrected chi connectivity index (χ3v) is 3.68. The molecule has 0 saturated heterocycles. The second kappa shape index (κ2) is 6.72. The van der Waals surface area contributed by atoms with Gasteiger partial charge in [0.1, 0.15) is 0 Å². The lowest BCUT2D eigenvalue weighted by atomic mass is 9.95. The number of allylic oxidation sites excluding steroid dienone is 1. The summed E-state index contributed by atoms with van der Waals surface area (Å²) in [5.41, 5.74) is 1.21. The average Bonchev–Trinajstić information content (AvgIpc) is 2.73. The minimum atomic E-state index is -0.188. The van der Waals surface area contributed by atoms with Crippen molar-refractivity contribution in [3.63, 3.8) is 0 Å². The fourth-order valence-electron chi connectivity index (χ4n) is 2.69. The molecule has 1 saturated carbocycles. The molecule has 0 amide bonds. The van der Waals surface area contributed by atoms with E-state index >= 15 is 0 Å². The van der Waals surface area contributed by atoms with Gasteiger partial charge in [0.15, 0.2) is 0 Å². The minimum Gasteiger partial charge on any atom is -0.393 e. The van der Waals surface area contributed by atoms with Gasteiger partial charge in [0.25, 0.3) is 0 Å². The number of ether oxygens (including phenoxy) is 1. The highest BCUT2D eigenvalue weighted by Gasteiger charge is 2.32. The molecule has 0 heterocycles. The predicted octanol–water partition coefficient (Wildman–Crippen LogP) is 3.17. The van der Waals surface area contributed by atoms with Crippen molar-refractivity contribution in [2.24, 2.45) is 11.8 Å². The van der Waals surface area contributed by atoms with Crippen molar-refractivity contribution in [2.45, 2.75) is 32.5 Å². The van der Waals surface area contributed by atoms with Crippen LogP contribution >= 0.6 is 0 Å². The summed E-state index contributed by atoms with van der Waals surface area (Å²) in [7, 11) is 0. The molecular weight excluding hydrogens is 224 g/mol. The Morgan fingerprint density at radius 1 is 1.28 bits per heavy atom. The van der Waals surface area contributed by atoms with Crippen LogP contribution in [0.15, 0.2) is 42.5 Å². The Hall–Kier alpha value is -1.12. The Morgan fingerprint density at radius 3 is 2.78 bits per heavy atom. The van der Waals surface area contributed by atoms with E-state index < -0.39 is 0 Å². The van der Waals surface area contributed by atoms with Crippen LogP contribution in [0.4, 0.5) is 0 Å². The van der Waals surface area contributed by atoms with Gasteiger partial charge in [0.2, 0.25) is 0 Å². The first kappa shape index (κ1) is 13.3. The molecule has 1 aromatic carbocycles. The zero-order valence-corrected chi connectivity index (χ0v) is 11.0. The van der Waals surface area contributed by atoms with Crippen LogP contribution in [0.1, 0.15) is 25.3 Å². The van der Waals surface area contributed by atoms with Crippen molar-refractivity contribution >= 4 is 0 Å². The van der Waals surface area contributed by atoms with Crippen LogP contribution in [0.3, 0.4) is 0 Å². The molecule has 98 valence electrons. The topological polar surface area (TPSA) is 29.5 Å². The number of hydrogen-bond acceptors (Lipinski definition) is 2. The molecule has 2 heteroatoms. The lowest BCUT2D eigenvalue weighted by Gasteiger charge is -2.18. The Bertz CT molecular complexity index is 372. The molecule has 1 aliphatic carbocycles. The summed E-state index contributed by atoms with van der Waals surface area (Å²) >= 11 is 0. The number of aliphatic hydroxyl groups excluding tert-OH is 1. The number of hydrogen-bond donors (Lipinski definition) is 1. The number of aliphatic hydroxyl groups is 1. The molecule has 0 aliphatic heterocycles. The zero-order chi connectivity index (χ0) is 12.8. The van der Waals surface area contributed by atoms with E-state index in [9.17, 15) is 5.11 Å². The fourth-order valence-corrected chi connectivity index (χ4v) is 2.69. The van der Waals surface area contributed by atoms with Crippen molar-refractivity contribution < 1.29 is 9.84 Å². The van der Waals surface area contributed by atoms with Crippen LogP contribution in [0.5, 0.6) is 0 Å². The highest BCUT2D eigenvalue weighted by Crippen LogP contribution is 2.33. The van der Waals surface area contributed by atoms with Crippen LogP contribution in [0, 0.1) is 11.8 Å². The zero-order valence-electron chi connectivity index (χ0n) is 11.0. The van der Waals surface area contributed by atoms with Crippen molar-refractivity contribution in [3.05, 3.63) is 48.0 Å². The molecule has 0 spiro atoms. The maximum absolute atomic E-state index is 9.90. The first-order valence-electron chi connectivity index (χ1n) is 6.74. The molecule has 2 nitrogen and oxygen atoms in total. The summed E-state index contributed by atoms with van der Waals surface area (Å²) in [5, 5.41) is 9.90. The van der Waals surface area contributed by atoms with Gasteiger partial charge < -0.3 is 9.84 Å². The molecule has 0 radical (unpaired) electrons. The van der Waals surface area contributed by atoms with E-state index in [4.69, 9.17) is 4.74 Å². The van der Waals surface area contributed by atoms with Gasteiger partial charge in [-0.1, -0.05) is 42.5 Å². The van der Waals surface area contributed by atoms with Crippen LogP contribution in [-0.2, 0) is 11.3 Å². The molecule has 0 bridgehead atoms. The Kier molecular flexibility index (Phi) is 4.97. The van der Waals surface area contributed by atoms with Crippen LogP contribution in [0.2, 0.25) is 0 Å². The second-order valence-electron chi connectivity index (χ2n) is 5.01. The van der Waals surface area contributed by atoms with Crippen LogP contribution < -0.4 is 0 Å². The van der Waals surface area contributed by atoms with Gasteiger partial charge in [-0.3, -0.25) is 0 Å². The van der Waals surface area contributed by atoms with Gasteiger partial charge in [-0.15, -0.1) is 0 Å². The largest absolute Gasteiger partial charge is 0.393 e. The molecular formula is C16H22O2. The maximum atomic E-state index is 9.90. The first-order valence-corrected chi connectivity index (χ1v) is 6.74. The summed E-state index contributed by atoms with van der Waals surface area (Å²) < 4.78 is 5.78.